The summed E-state index contributed by atoms with van der Waals surface area (Å²) >= 11 is 0. The Labute approximate surface area is 156 Å². The quantitative estimate of drug-likeness (QED) is 0.494. The van der Waals surface area contributed by atoms with Crippen LogP contribution in [0.1, 0.15) is 69.8 Å². The summed E-state index contributed by atoms with van der Waals surface area (Å²) in [4.78, 5) is 0. The van der Waals surface area contributed by atoms with Gasteiger partial charge in [0.05, 0.1) is 0 Å². The lowest BCUT2D eigenvalue weighted by Crippen LogP contribution is -2.29. The summed E-state index contributed by atoms with van der Waals surface area (Å²) in [6, 6.07) is 9.39. The molecule has 1 aliphatic carbocycles. The van der Waals surface area contributed by atoms with Crippen LogP contribution in [0.4, 0.5) is 13.2 Å². The largest absolute Gasteiger partial charge is 0.573 e. The number of hydrogen-bond acceptors (Lipinski definition) is 1. The van der Waals surface area contributed by atoms with E-state index in [0.29, 0.717) is 5.92 Å². The van der Waals surface area contributed by atoms with Gasteiger partial charge in [-0.3, -0.25) is 0 Å². The minimum atomic E-state index is -4.61. The van der Waals surface area contributed by atoms with Crippen molar-refractivity contribution in [1.82, 2.24) is 0 Å². The molecule has 0 bridgehead atoms. The molecule has 0 amide bonds. The van der Waals surface area contributed by atoms with Gasteiger partial charge in [-0.25, -0.2) is 0 Å². The summed E-state index contributed by atoms with van der Waals surface area (Å²) in [6.07, 6.45) is 6.42. The van der Waals surface area contributed by atoms with Crippen LogP contribution in [0.2, 0.25) is 17.6 Å². The molecule has 0 aromatic heterocycles. The highest BCUT2D eigenvalue weighted by molar-refractivity contribution is 6.60. The molecule has 2 fully saturated rings. The number of benzene rings is 1. The van der Waals surface area contributed by atoms with Crippen molar-refractivity contribution in [3.63, 3.8) is 0 Å². The van der Waals surface area contributed by atoms with Gasteiger partial charge in [-0.05, 0) is 47.9 Å². The monoisotopic (exact) mass is 384 g/mol. The predicted octanol–water partition coefficient (Wildman–Crippen LogP) is 7.05. The van der Waals surface area contributed by atoms with E-state index >= 15 is 0 Å². The van der Waals surface area contributed by atoms with Crippen LogP contribution in [0.15, 0.2) is 24.3 Å². The van der Waals surface area contributed by atoms with Gasteiger partial charge in [0.1, 0.15) is 5.75 Å². The molecule has 1 aromatic carbocycles. The van der Waals surface area contributed by atoms with Crippen molar-refractivity contribution >= 4 is 8.80 Å². The van der Waals surface area contributed by atoms with Gasteiger partial charge in [0, 0.05) is 8.80 Å². The van der Waals surface area contributed by atoms with Gasteiger partial charge < -0.3 is 4.74 Å². The van der Waals surface area contributed by atoms with Gasteiger partial charge in [0.25, 0.3) is 0 Å². The molecule has 0 unspecified atom stereocenters. The van der Waals surface area contributed by atoms with E-state index in [1.54, 1.807) is 0 Å². The highest BCUT2D eigenvalue weighted by Gasteiger charge is 2.33. The highest BCUT2D eigenvalue weighted by Crippen LogP contribution is 2.44. The Bertz CT molecular complexity index is 541. The molecule has 1 heterocycles. The van der Waals surface area contributed by atoms with E-state index < -0.39 is 15.2 Å². The zero-order valence-electron chi connectivity index (χ0n) is 15.7. The van der Waals surface area contributed by atoms with Gasteiger partial charge >= 0.3 is 6.36 Å². The van der Waals surface area contributed by atoms with E-state index in [1.165, 1.54) is 81.2 Å². The first-order valence-electron chi connectivity index (χ1n) is 10.3. The van der Waals surface area contributed by atoms with Crippen molar-refractivity contribution in [2.45, 2.75) is 88.2 Å². The molecular formula is C21H31F3OSi. The molecular weight excluding hydrogens is 353 g/mol. The normalized spacial score (nSPS) is 30.2. The van der Waals surface area contributed by atoms with Crippen LogP contribution < -0.4 is 4.74 Å². The fraction of sp³-hybridized carbons (Fsp3) is 0.714. The van der Waals surface area contributed by atoms with Gasteiger partial charge in [0.15, 0.2) is 0 Å². The Kier molecular flexibility index (Phi) is 6.70. The topological polar surface area (TPSA) is 9.23 Å². The van der Waals surface area contributed by atoms with Crippen LogP contribution >= 0.6 is 0 Å². The average Bonchev–Trinajstić information content (AvgIpc) is 2.62. The van der Waals surface area contributed by atoms with Crippen molar-refractivity contribution in [2.75, 3.05) is 0 Å². The van der Waals surface area contributed by atoms with E-state index in [2.05, 4.69) is 11.7 Å². The molecule has 1 saturated carbocycles. The molecule has 1 nitrogen and oxygen atoms in total. The maximum atomic E-state index is 12.3. The van der Waals surface area contributed by atoms with Crippen molar-refractivity contribution in [3.8, 4) is 5.75 Å². The SMILES string of the molecule is CCC[C@H]1CC[C@H]([SiH]2CCC(c3ccc(OC(F)(F)F)cc3)CC2)CC1. The summed E-state index contributed by atoms with van der Waals surface area (Å²) in [6.45, 7) is 2.30. The molecule has 1 saturated heterocycles. The van der Waals surface area contributed by atoms with Crippen molar-refractivity contribution in [2.24, 2.45) is 5.92 Å². The molecule has 26 heavy (non-hydrogen) atoms. The zero-order chi connectivity index (χ0) is 18.6. The molecule has 5 heteroatoms. The van der Waals surface area contributed by atoms with Crippen molar-refractivity contribution < 1.29 is 17.9 Å². The molecule has 146 valence electrons. The second kappa shape index (κ2) is 8.81. The van der Waals surface area contributed by atoms with Gasteiger partial charge in [-0.2, -0.15) is 0 Å². The van der Waals surface area contributed by atoms with Crippen LogP contribution in [0.3, 0.4) is 0 Å². The third-order valence-electron chi connectivity index (χ3n) is 6.61. The number of hydrogen-bond donors (Lipinski definition) is 0. The molecule has 0 spiro atoms. The maximum Gasteiger partial charge on any atom is 0.573 e. The Morgan fingerprint density at radius 3 is 2.12 bits per heavy atom. The van der Waals surface area contributed by atoms with Crippen LogP contribution in [-0.4, -0.2) is 15.2 Å². The second-order valence-electron chi connectivity index (χ2n) is 8.30. The summed E-state index contributed by atoms with van der Waals surface area (Å²) in [5, 5.41) is 0. The third-order valence-corrected chi connectivity index (χ3v) is 10.8. The lowest BCUT2D eigenvalue weighted by Gasteiger charge is -2.37. The summed E-state index contributed by atoms with van der Waals surface area (Å²) in [5.74, 6) is 1.39. The van der Waals surface area contributed by atoms with Crippen molar-refractivity contribution in [3.05, 3.63) is 29.8 Å². The minimum absolute atomic E-state index is 0.117. The van der Waals surface area contributed by atoms with E-state index in [-0.39, 0.29) is 5.75 Å². The Balaban J connectivity index is 1.46. The first kappa shape index (κ1) is 19.8. The van der Waals surface area contributed by atoms with Gasteiger partial charge in [-0.15, -0.1) is 13.2 Å². The summed E-state index contributed by atoms with van der Waals surface area (Å²) < 4.78 is 40.8. The molecule has 3 rings (SSSR count). The number of ether oxygens (including phenoxy) is 1. The van der Waals surface area contributed by atoms with Crippen LogP contribution in [0, 0.1) is 5.92 Å². The van der Waals surface area contributed by atoms with Crippen molar-refractivity contribution in [1.29, 1.82) is 0 Å². The molecule has 0 radical (unpaired) electrons. The Hall–Kier alpha value is -0.973. The summed E-state index contributed by atoms with van der Waals surface area (Å²) in [5.41, 5.74) is 2.23. The summed E-state index contributed by atoms with van der Waals surface area (Å²) in [7, 11) is -0.629. The van der Waals surface area contributed by atoms with E-state index in [9.17, 15) is 13.2 Å². The van der Waals surface area contributed by atoms with Crippen LogP contribution in [-0.2, 0) is 0 Å². The van der Waals surface area contributed by atoms with E-state index in [1.807, 2.05) is 12.1 Å². The van der Waals surface area contributed by atoms with Gasteiger partial charge in [0.2, 0.25) is 0 Å². The average molecular weight is 385 g/mol. The molecule has 1 aliphatic heterocycles. The first-order chi connectivity index (χ1) is 12.4. The molecule has 2 aliphatic rings. The molecule has 0 N–H and O–H groups in total. The number of alkyl halides is 3. The van der Waals surface area contributed by atoms with E-state index in [0.717, 1.165) is 11.5 Å². The second-order valence-corrected chi connectivity index (χ2v) is 11.9. The standard InChI is InChI=1S/C21H31F3OSi/c1-2-3-16-4-10-20(11-5-16)26-14-12-18(13-15-26)17-6-8-19(9-7-17)25-21(22,23)24/h6-9,16,18,20,26H,2-5,10-15H2,1H3/t16-,18?,20-,26?. The molecule has 1 aromatic rings. The lowest BCUT2D eigenvalue weighted by atomic mass is 9.86. The van der Waals surface area contributed by atoms with Crippen LogP contribution in [0.5, 0.6) is 5.75 Å². The van der Waals surface area contributed by atoms with Crippen LogP contribution in [0.25, 0.3) is 0 Å². The third kappa shape index (κ3) is 5.51. The minimum Gasteiger partial charge on any atom is -0.406 e. The number of rotatable bonds is 5. The predicted molar refractivity (Wildman–Crippen MR) is 102 cm³/mol. The Morgan fingerprint density at radius 2 is 1.58 bits per heavy atom. The molecule has 0 atom stereocenters. The fourth-order valence-corrected chi connectivity index (χ4v) is 9.44. The Morgan fingerprint density at radius 1 is 0.962 bits per heavy atom. The first-order valence-corrected chi connectivity index (χ1v) is 12.6. The van der Waals surface area contributed by atoms with E-state index in [4.69, 9.17) is 0 Å². The smallest absolute Gasteiger partial charge is 0.406 e. The fourth-order valence-electron chi connectivity index (χ4n) is 5.22. The zero-order valence-corrected chi connectivity index (χ0v) is 16.9. The van der Waals surface area contributed by atoms with Gasteiger partial charge in [-0.1, -0.05) is 69.7 Å². The lowest BCUT2D eigenvalue weighted by molar-refractivity contribution is -0.274. The highest BCUT2D eigenvalue weighted by atomic mass is 28.3. The number of halogens is 3. The maximum absolute atomic E-state index is 12.3.